The van der Waals surface area contributed by atoms with E-state index in [2.05, 4.69) is 4.98 Å². The van der Waals surface area contributed by atoms with Gasteiger partial charge in [-0.2, -0.15) is 5.26 Å². The largest absolute Gasteiger partial charge is 0.494 e. The standard InChI is InChI=1S/C11H7FN2OS/c1-15-9-3-2-7(4-8(9)12)11-10(5-13)16-6-14-11/h2-4,6H,1H3. The Bertz CT molecular complexity index is 559. The van der Waals surface area contributed by atoms with E-state index in [-0.39, 0.29) is 5.75 Å². The number of hydrogen-bond donors (Lipinski definition) is 0. The summed E-state index contributed by atoms with van der Waals surface area (Å²) >= 11 is 1.23. The molecule has 1 heterocycles. The Labute approximate surface area is 95.8 Å². The lowest BCUT2D eigenvalue weighted by Gasteiger charge is -2.03. The maximum absolute atomic E-state index is 13.4. The van der Waals surface area contributed by atoms with Gasteiger partial charge >= 0.3 is 0 Å². The average molecular weight is 234 g/mol. The van der Waals surface area contributed by atoms with Crippen LogP contribution in [0.3, 0.4) is 0 Å². The predicted molar refractivity (Wildman–Crippen MR) is 58.8 cm³/mol. The molecule has 3 nitrogen and oxygen atoms in total. The van der Waals surface area contributed by atoms with E-state index in [9.17, 15) is 4.39 Å². The Morgan fingerprint density at radius 2 is 2.31 bits per heavy atom. The van der Waals surface area contributed by atoms with Crippen LogP contribution in [0, 0.1) is 17.1 Å². The molecule has 0 N–H and O–H groups in total. The first kappa shape index (κ1) is 10.6. The van der Waals surface area contributed by atoms with Crippen molar-refractivity contribution in [1.29, 1.82) is 5.26 Å². The highest BCUT2D eigenvalue weighted by Gasteiger charge is 2.11. The molecule has 0 aliphatic heterocycles. The van der Waals surface area contributed by atoms with E-state index in [0.717, 1.165) is 0 Å². The number of thiazole rings is 1. The molecule has 0 spiro atoms. The molecule has 1 aromatic carbocycles. The van der Waals surface area contributed by atoms with Gasteiger partial charge in [-0.1, -0.05) is 0 Å². The highest BCUT2D eigenvalue weighted by Crippen LogP contribution is 2.28. The van der Waals surface area contributed by atoms with Crippen LogP contribution in [-0.4, -0.2) is 12.1 Å². The van der Waals surface area contributed by atoms with Crippen LogP contribution in [0.15, 0.2) is 23.7 Å². The molecule has 0 amide bonds. The van der Waals surface area contributed by atoms with Crippen LogP contribution in [0.2, 0.25) is 0 Å². The number of nitriles is 1. The summed E-state index contributed by atoms with van der Waals surface area (Å²) in [6.45, 7) is 0. The monoisotopic (exact) mass is 234 g/mol. The van der Waals surface area contributed by atoms with Crippen LogP contribution in [-0.2, 0) is 0 Å². The topological polar surface area (TPSA) is 45.9 Å². The van der Waals surface area contributed by atoms with E-state index in [1.54, 1.807) is 11.6 Å². The summed E-state index contributed by atoms with van der Waals surface area (Å²) in [7, 11) is 1.40. The summed E-state index contributed by atoms with van der Waals surface area (Å²) in [6, 6.07) is 6.54. The van der Waals surface area contributed by atoms with Crippen molar-refractivity contribution in [3.63, 3.8) is 0 Å². The van der Waals surface area contributed by atoms with Crippen LogP contribution >= 0.6 is 11.3 Å². The van der Waals surface area contributed by atoms with Gasteiger partial charge in [0.25, 0.3) is 0 Å². The van der Waals surface area contributed by atoms with Crippen molar-refractivity contribution in [2.45, 2.75) is 0 Å². The number of ether oxygens (including phenoxy) is 1. The minimum atomic E-state index is -0.461. The lowest BCUT2D eigenvalue weighted by Crippen LogP contribution is -1.89. The van der Waals surface area contributed by atoms with Gasteiger partial charge in [0.15, 0.2) is 11.6 Å². The molecule has 0 fully saturated rings. The maximum Gasteiger partial charge on any atom is 0.165 e. The molecule has 0 atom stereocenters. The molecule has 0 saturated carbocycles. The number of halogens is 1. The fraction of sp³-hybridized carbons (Fsp3) is 0.0909. The SMILES string of the molecule is COc1ccc(-c2ncsc2C#N)cc1F. The third kappa shape index (κ3) is 1.75. The Balaban J connectivity index is 2.50. The minimum absolute atomic E-state index is 0.178. The Morgan fingerprint density at radius 1 is 1.50 bits per heavy atom. The van der Waals surface area contributed by atoms with E-state index in [0.29, 0.717) is 16.1 Å². The first-order valence-corrected chi connectivity index (χ1v) is 5.31. The van der Waals surface area contributed by atoms with Crippen LogP contribution in [0.1, 0.15) is 4.88 Å². The fourth-order valence-electron chi connectivity index (χ4n) is 1.34. The molecule has 2 aromatic rings. The van der Waals surface area contributed by atoms with Crippen LogP contribution in [0.5, 0.6) is 5.75 Å². The quantitative estimate of drug-likeness (QED) is 0.802. The fourth-order valence-corrected chi connectivity index (χ4v) is 1.94. The van der Waals surface area contributed by atoms with Gasteiger partial charge in [-0.3, -0.25) is 0 Å². The number of nitrogens with zero attached hydrogens (tertiary/aromatic N) is 2. The molecule has 0 unspecified atom stereocenters. The Hall–Kier alpha value is -1.93. The Kier molecular flexibility index (Phi) is 2.84. The van der Waals surface area contributed by atoms with Gasteiger partial charge in [-0.15, -0.1) is 11.3 Å². The van der Waals surface area contributed by atoms with E-state index in [1.165, 1.54) is 30.6 Å². The first-order valence-electron chi connectivity index (χ1n) is 4.43. The first-order chi connectivity index (χ1) is 7.76. The van der Waals surface area contributed by atoms with Crippen molar-refractivity contribution >= 4 is 11.3 Å². The van der Waals surface area contributed by atoms with Gasteiger partial charge in [-0.25, -0.2) is 9.37 Å². The molecule has 0 aliphatic carbocycles. The molecule has 0 bridgehead atoms. The molecular formula is C11H7FN2OS. The zero-order valence-electron chi connectivity index (χ0n) is 8.40. The maximum atomic E-state index is 13.4. The normalized spacial score (nSPS) is 9.81. The van der Waals surface area contributed by atoms with E-state index in [4.69, 9.17) is 10.00 Å². The van der Waals surface area contributed by atoms with Crippen molar-refractivity contribution in [3.8, 4) is 23.1 Å². The average Bonchev–Trinajstić information content (AvgIpc) is 2.77. The third-order valence-electron chi connectivity index (χ3n) is 2.09. The number of benzene rings is 1. The lowest BCUT2D eigenvalue weighted by atomic mass is 10.1. The summed E-state index contributed by atoms with van der Waals surface area (Å²) in [4.78, 5) is 4.52. The predicted octanol–water partition coefficient (Wildman–Crippen LogP) is 2.83. The van der Waals surface area contributed by atoms with E-state index in [1.807, 2.05) is 6.07 Å². The second kappa shape index (κ2) is 4.29. The lowest BCUT2D eigenvalue weighted by molar-refractivity contribution is 0.386. The third-order valence-corrected chi connectivity index (χ3v) is 2.83. The van der Waals surface area contributed by atoms with Crippen molar-refractivity contribution in [3.05, 3.63) is 34.4 Å². The van der Waals surface area contributed by atoms with E-state index >= 15 is 0 Å². The van der Waals surface area contributed by atoms with Crippen molar-refractivity contribution in [2.75, 3.05) is 7.11 Å². The van der Waals surface area contributed by atoms with E-state index < -0.39 is 5.82 Å². The van der Waals surface area contributed by atoms with Gasteiger partial charge in [0, 0.05) is 5.56 Å². The molecule has 80 valence electrons. The van der Waals surface area contributed by atoms with Gasteiger partial charge in [-0.05, 0) is 18.2 Å². The molecule has 0 aliphatic rings. The smallest absolute Gasteiger partial charge is 0.165 e. The van der Waals surface area contributed by atoms with Crippen molar-refractivity contribution in [2.24, 2.45) is 0 Å². The summed E-state index contributed by atoms with van der Waals surface area (Å²) in [5.74, 6) is -0.283. The molecule has 1 aromatic heterocycles. The van der Waals surface area contributed by atoms with Crippen LogP contribution < -0.4 is 4.74 Å². The molecule has 0 saturated heterocycles. The molecule has 16 heavy (non-hydrogen) atoms. The Morgan fingerprint density at radius 3 is 2.94 bits per heavy atom. The van der Waals surface area contributed by atoms with Gasteiger partial charge in [0.1, 0.15) is 10.9 Å². The summed E-state index contributed by atoms with van der Waals surface area (Å²) in [6.07, 6.45) is 0. The molecule has 2 rings (SSSR count). The summed E-state index contributed by atoms with van der Waals surface area (Å²) < 4.78 is 18.3. The zero-order valence-corrected chi connectivity index (χ0v) is 9.21. The second-order valence-electron chi connectivity index (χ2n) is 2.99. The van der Waals surface area contributed by atoms with Crippen molar-refractivity contribution < 1.29 is 9.13 Å². The van der Waals surface area contributed by atoms with Crippen molar-refractivity contribution in [1.82, 2.24) is 4.98 Å². The van der Waals surface area contributed by atoms with Crippen LogP contribution in [0.4, 0.5) is 4.39 Å². The zero-order chi connectivity index (χ0) is 11.5. The van der Waals surface area contributed by atoms with Crippen LogP contribution in [0.25, 0.3) is 11.3 Å². The highest BCUT2D eigenvalue weighted by molar-refractivity contribution is 7.10. The van der Waals surface area contributed by atoms with Gasteiger partial charge in [0.05, 0.1) is 18.3 Å². The number of hydrogen-bond acceptors (Lipinski definition) is 4. The number of aromatic nitrogens is 1. The number of rotatable bonds is 2. The number of methoxy groups -OCH3 is 1. The summed E-state index contributed by atoms with van der Waals surface area (Å²) in [5, 5.41) is 8.84. The molecule has 0 radical (unpaired) electrons. The minimum Gasteiger partial charge on any atom is -0.494 e. The van der Waals surface area contributed by atoms with Gasteiger partial charge in [0.2, 0.25) is 0 Å². The van der Waals surface area contributed by atoms with Gasteiger partial charge < -0.3 is 4.74 Å². The second-order valence-corrected chi connectivity index (χ2v) is 3.85. The summed E-state index contributed by atoms with van der Waals surface area (Å²) in [5.41, 5.74) is 2.65. The molecule has 5 heteroatoms. The molecular weight excluding hydrogens is 227 g/mol. The highest BCUT2D eigenvalue weighted by atomic mass is 32.1.